The van der Waals surface area contributed by atoms with Crippen molar-refractivity contribution in [3.8, 4) is 23.0 Å². The number of hydrogen-bond donors (Lipinski definition) is 1. The molecule has 2 aromatic carbocycles. The second-order valence-corrected chi connectivity index (χ2v) is 4.79. The van der Waals surface area contributed by atoms with Gasteiger partial charge in [0.15, 0.2) is 11.5 Å². The fourth-order valence-electron chi connectivity index (χ4n) is 2.22. The summed E-state index contributed by atoms with van der Waals surface area (Å²) in [6.07, 6.45) is 3.91. The van der Waals surface area contributed by atoms with Gasteiger partial charge >= 0.3 is 0 Å². The molecule has 2 N–H and O–H groups in total. The van der Waals surface area contributed by atoms with Crippen LogP contribution in [0.2, 0.25) is 0 Å². The minimum Gasteiger partial charge on any atom is -0.495 e. The predicted octanol–water partition coefficient (Wildman–Crippen LogP) is 3.47. The van der Waals surface area contributed by atoms with Gasteiger partial charge in [-0.25, -0.2) is 0 Å². The fourth-order valence-corrected chi connectivity index (χ4v) is 2.22. The lowest BCUT2D eigenvalue weighted by molar-refractivity contribution is 0.324. The molecule has 5 heteroatoms. The van der Waals surface area contributed by atoms with Crippen LogP contribution in [0.5, 0.6) is 23.0 Å². The van der Waals surface area contributed by atoms with Gasteiger partial charge in [0, 0.05) is 0 Å². The second-order valence-electron chi connectivity index (χ2n) is 4.79. The first kappa shape index (κ1) is 16.5. The number of benzene rings is 2. The van der Waals surface area contributed by atoms with Crippen molar-refractivity contribution in [1.82, 2.24) is 0 Å². The quantitative estimate of drug-likeness (QED) is 0.653. The van der Waals surface area contributed by atoms with Crippen molar-refractivity contribution in [2.75, 3.05) is 34.2 Å². The Hall–Kier alpha value is -2.82. The van der Waals surface area contributed by atoms with E-state index in [1.165, 1.54) is 0 Å². The summed E-state index contributed by atoms with van der Waals surface area (Å²) in [5.74, 6) is 2.45. The van der Waals surface area contributed by atoms with Crippen molar-refractivity contribution in [2.45, 2.75) is 0 Å². The van der Waals surface area contributed by atoms with Gasteiger partial charge in [-0.3, -0.25) is 0 Å². The Kier molecular flexibility index (Phi) is 5.36. The molecule has 0 aliphatic rings. The molecule has 0 aliphatic heterocycles. The predicted molar refractivity (Wildman–Crippen MR) is 92.4 cm³/mol. The molecule has 0 unspecified atom stereocenters. The SMILES string of the molecule is COc1cc(/C=C\c2cc(OC)c(OC)c(OC)c2)ccc1N. The van der Waals surface area contributed by atoms with Gasteiger partial charge in [0.25, 0.3) is 0 Å². The van der Waals surface area contributed by atoms with Gasteiger partial charge in [-0.2, -0.15) is 0 Å². The molecule has 5 nitrogen and oxygen atoms in total. The van der Waals surface area contributed by atoms with Gasteiger partial charge in [0.05, 0.1) is 34.1 Å². The average molecular weight is 315 g/mol. The van der Waals surface area contributed by atoms with E-state index in [0.717, 1.165) is 11.1 Å². The van der Waals surface area contributed by atoms with Crippen molar-refractivity contribution < 1.29 is 18.9 Å². The summed E-state index contributed by atoms with van der Waals surface area (Å²) in [5.41, 5.74) is 8.33. The number of ether oxygens (including phenoxy) is 4. The molecule has 0 aliphatic carbocycles. The molecule has 0 bridgehead atoms. The van der Waals surface area contributed by atoms with E-state index in [0.29, 0.717) is 28.7 Å². The normalized spacial score (nSPS) is 10.6. The van der Waals surface area contributed by atoms with Crippen LogP contribution in [0.15, 0.2) is 30.3 Å². The van der Waals surface area contributed by atoms with Crippen molar-refractivity contribution in [3.05, 3.63) is 41.5 Å². The lowest BCUT2D eigenvalue weighted by Gasteiger charge is -2.12. The van der Waals surface area contributed by atoms with Crippen molar-refractivity contribution >= 4 is 17.8 Å². The lowest BCUT2D eigenvalue weighted by Crippen LogP contribution is -1.95. The number of hydrogen-bond acceptors (Lipinski definition) is 5. The highest BCUT2D eigenvalue weighted by molar-refractivity contribution is 5.74. The smallest absolute Gasteiger partial charge is 0.203 e. The maximum atomic E-state index is 5.82. The molecule has 2 aromatic rings. The Bertz CT molecular complexity index is 685. The van der Waals surface area contributed by atoms with E-state index in [4.69, 9.17) is 24.7 Å². The maximum Gasteiger partial charge on any atom is 0.203 e. The first-order valence-electron chi connectivity index (χ1n) is 7.04. The Morgan fingerprint density at radius 1 is 0.696 bits per heavy atom. The maximum absolute atomic E-state index is 5.82. The lowest BCUT2D eigenvalue weighted by atomic mass is 10.1. The zero-order valence-corrected chi connectivity index (χ0v) is 13.8. The summed E-state index contributed by atoms with van der Waals surface area (Å²) in [4.78, 5) is 0. The first-order valence-corrected chi connectivity index (χ1v) is 7.04. The molecule has 2 rings (SSSR count). The summed E-state index contributed by atoms with van der Waals surface area (Å²) < 4.78 is 21.2. The topological polar surface area (TPSA) is 62.9 Å². The summed E-state index contributed by atoms with van der Waals surface area (Å²) in [7, 11) is 6.36. The Morgan fingerprint density at radius 3 is 1.74 bits per heavy atom. The van der Waals surface area contributed by atoms with Crippen molar-refractivity contribution in [2.24, 2.45) is 0 Å². The van der Waals surface area contributed by atoms with Gasteiger partial charge in [0.2, 0.25) is 5.75 Å². The van der Waals surface area contributed by atoms with E-state index in [1.807, 2.05) is 42.5 Å². The van der Waals surface area contributed by atoms with Crippen LogP contribution in [-0.2, 0) is 0 Å². The monoisotopic (exact) mass is 315 g/mol. The number of methoxy groups -OCH3 is 4. The first-order chi connectivity index (χ1) is 11.1. The molecule has 0 amide bonds. The minimum absolute atomic E-state index is 0.571. The Morgan fingerprint density at radius 2 is 1.22 bits per heavy atom. The van der Waals surface area contributed by atoms with E-state index in [-0.39, 0.29) is 0 Å². The van der Waals surface area contributed by atoms with E-state index in [9.17, 15) is 0 Å². The highest BCUT2D eigenvalue weighted by Crippen LogP contribution is 2.38. The summed E-state index contributed by atoms with van der Waals surface area (Å²) in [6, 6.07) is 9.38. The molecule has 0 fully saturated rings. The third kappa shape index (κ3) is 3.69. The van der Waals surface area contributed by atoms with Crippen LogP contribution >= 0.6 is 0 Å². The Balaban J connectivity index is 2.35. The molecule has 0 saturated heterocycles. The average Bonchev–Trinajstić information content (AvgIpc) is 2.59. The van der Waals surface area contributed by atoms with Gasteiger partial charge in [-0.1, -0.05) is 18.2 Å². The molecular weight excluding hydrogens is 294 g/mol. The molecule has 0 spiro atoms. The van der Waals surface area contributed by atoms with Crippen LogP contribution in [-0.4, -0.2) is 28.4 Å². The van der Waals surface area contributed by atoms with Crippen LogP contribution in [0, 0.1) is 0 Å². The standard InChI is InChI=1S/C18H21NO4/c1-20-15-9-12(7-8-14(15)19)5-6-13-10-16(21-2)18(23-4)17(11-13)22-3/h5-11H,19H2,1-4H3/b6-5-. The molecule has 0 atom stereocenters. The molecule has 0 aromatic heterocycles. The second kappa shape index (κ2) is 7.45. The molecular formula is C18H21NO4. The highest BCUT2D eigenvalue weighted by Gasteiger charge is 2.11. The zero-order valence-electron chi connectivity index (χ0n) is 13.8. The fraction of sp³-hybridized carbons (Fsp3) is 0.222. The summed E-state index contributed by atoms with van der Waals surface area (Å²) >= 11 is 0. The van der Waals surface area contributed by atoms with Crippen LogP contribution in [0.3, 0.4) is 0 Å². The highest BCUT2D eigenvalue weighted by atomic mass is 16.5. The Labute approximate surface area is 136 Å². The van der Waals surface area contributed by atoms with Crippen molar-refractivity contribution in [1.29, 1.82) is 0 Å². The minimum atomic E-state index is 0.571. The van der Waals surface area contributed by atoms with E-state index < -0.39 is 0 Å². The number of rotatable bonds is 6. The molecule has 0 radical (unpaired) electrons. The molecule has 0 heterocycles. The van der Waals surface area contributed by atoms with Gasteiger partial charge < -0.3 is 24.7 Å². The third-order valence-corrected chi connectivity index (χ3v) is 3.41. The van der Waals surface area contributed by atoms with Gasteiger partial charge in [-0.15, -0.1) is 0 Å². The van der Waals surface area contributed by atoms with Crippen LogP contribution in [0.1, 0.15) is 11.1 Å². The summed E-state index contributed by atoms with van der Waals surface area (Å²) in [5, 5.41) is 0. The van der Waals surface area contributed by atoms with Crippen LogP contribution < -0.4 is 24.7 Å². The molecule has 23 heavy (non-hydrogen) atoms. The van der Waals surface area contributed by atoms with Crippen LogP contribution in [0.25, 0.3) is 12.2 Å². The third-order valence-electron chi connectivity index (χ3n) is 3.41. The van der Waals surface area contributed by atoms with Crippen molar-refractivity contribution in [3.63, 3.8) is 0 Å². The molecule has 122 valence electrons. The summed E-state index contributed by atoms with van der Waals surface area (Å²) in [6.45, 7) is 0. The van der Waals surface area contributed by atoms with Gasteiger partial charge in [0.1, 0.15) is 5.75 Å². The van der Waals surface area contributed by atoms with Crippen LogP contribution in [0.4, 0.5) is 5.69 Å². The van der Waals surface area contributed by atoms with E-state index in [1.54, 1.807) is 28.4 Å². The largest absolute Gasteiger partial charge is 0.495 e. The number of anilines is 1. The number of nitrogens with two attached hydrogens (primary N) is 1. The number of nitrogen functional groups attached to an aromatic ring is 1. The van der Waals surface area contributed by atoms with Gasteiger partial charge in [-0.05, 0) is 35.4 Å². The zero-order chi connectivity index (χ0) is 16.8. The molecule has 0 saturated carbocycles. The van der Waals surface area contributed by atoms with E-state index in [2.05, 4.69) is 0 Å². The van der Waals surface area contributed by atoms with E-state index >= 15 is 0 Å².